The number of aldehydes is 1. The number of carbonyl (C=O) groups is 1. The lowest BCUT2D eigenvalue weighted by atomic mass is 10.4. The molecule has 0 aliphatic carbocycles. The van der Waals surface area contributed by atoms with Crippen molar-refractivity contribution in [2.24, 2.45) is 0 Å². The van der Waals surface area contributed by atoms with E-state index in [9.17, 15) is 4.79 Å². The fraction of sp³-hybridized carbons (Fsp3) is 0. The van der Waals surface area contributed by atoms with Crippen LogP contribution in [0.15, 0.2) is 15.2 Å². The van der Waals surface area contributed by atoms with Gasteiger partial charge in [-0.25, -0.2) is 0 Å². The lowest BCUT2D eigenvalue weighted by Crippen LogP contribution is -1.65. The lowest BCUT2D eigenvalue weighted by molar-refractivity contribution is 0.112. The SMILES string of the molecule is O=Cc1csc(Br)c1. The Morgan fingerprint density at radius 3 is 2.75 bits per heavy atom. The van der Waals surface area contributed by atoms with Crippen LogP contribution < -0.4 is 0 Å². The summed E-state index contributed by atoms with van der Waals surface area (Å²) >= 11 is 4.75. The van der Waals surface area contributed by atoms with Crippen molar-refractivity contribution in [3.8, 4) is 0 Å². The van der Waals surface area contributed by atoms with Gasteiger partial charge in [0.15, 0.2) is 6.29 Å². The molecule has 1 rings (SSSR count). The quantitative estimate of drug-likeness (QED) is 0.622. The van der Waals surface area contributed by atoms with Gasteiger partial charge in [-0.1, -0.05) is 0 Å². The zero-order valence-corrected chi connectivity index (χ0v) is 6.33. The van der Waals surface area contributed by atoms with Crippen molar-refractivity contribution in [1.29, 1.82) is 0 Å². The molecule has 0 saturated carbocycles. The predicted octanol–water partition coefficient (Wildman–Crippen LogP) is 2.32. The summed E-state index contributed by atoms with van der Waals surface area (Å²) in [5.74, 6) is 0. The third-order valence-corrected chi connectivity index (χ3v) is 2.25. The summed E-state index contributed by atoms with van der Waals surface area (Å²) in [7, 11) is 0. The third-order valence-electron chi connectivity index (χ3n) is 0.724. The Morgan fingerprint density at radius 2 is 2.50 bits per heavy atom. The summed E-state index contributed by atoms with van der Waals surface area (Å²) in [6.07, 6.45) is 0.835. The van der Waals surface area contributed by atoms with Crippen molar-refractivity contribution < 1.29 is 4.79 Å². The summed E-state index contributed by atoms with van der Waals surface area (Å²) in [5.41, 5.74) is 0.738. The first-order chi connectivity index (χ1) is 3.83. The van der Waals surface area contributed by atoms with E-state index in [1.165, 1.54) is 11.3 Å². The highest BCUT2D eigenvalue weighted by atomic mass is 79.9. The fourth-order valence-electron chi connectivity index (χ4n) is 0.385. The molecule has 0 N–H and O–H groups in total. The Hall–Kier alpha value is -0.150. The van der Waals surface area contributed by atoms with Gasteiger partial charge in [0.1, 0.15) is 0 Å². The Bertz CT molecular complexity index is 194. The van der Waals surface area contributed by atoms with Gasteiger partial charge in [-0.05, 0) is 22.0 Å². The summed E-state index contributed by atoms with van der Waals surface area (Å²) in [6.45, 7) is 0. The highest BCUT2D eigenvalue weighted by Gasteiger charge is 1.91. The highest BCUT2D eigenvalue weighted by Crippen LogP contribution is 2.18. The van der Waals surface area contributed by atoms with E-state index in [-0.39, 0.29) is 0 Å². The minimum atomic E-state index is 0.738. The second-order valence-electron chi connectivity index (χ2n) is 1.30. The first kappa shape index (κ1) is 5.98. The summed E-state index contributed by atoms with van der Waals surface area (Å²) in [4.78, 5) is 10.0. The van der Waals surface area contributed by atoms with E-state index in [1.54, 1.807) is 11.4 Å². The van der Waals surface area contributed by atoms with Crippen molar-refractivity contribution in [3.05, 3.63) is 20.8 Å². The molecule has 1 heterocycles. The topological polar surface area (TPSA) is 17.1 Å². The highest BCUT2D eigenvalue weighted by molar-refractivity contribution is 9.11. The van der Waals surface area contributed by atoms with Gasteiger partial charge in [0.05, 0.1) is 3.79 Å². The van der Waals surface area contributed by atoms with E-state index in [2.05, 4.69) is 15.9 Å². The first-order valence-corrected chi connectivity index (χ1v) is 3.69. The molecule has 1 aromatic rings. The summed E-state index contributed by atoms with van der Waals surface area (Å²) < 4.78 is 1.000. The number of hydrogen-bond donors (Lipinski definition) is 0. The molecule has 0 atom stereocenters. The van der Waals surface area contributed by atoms with Crippen LogP contribution in [0.25, 0.3) is 0 Å². The van der Waals surface area contributed by atoms with Crippen LogP contribution >= 0.6 is 27.3 Å². The molecule has 1 aromatic heterocycles. The van der Waals surface area contributed by atoms with Gasteiger partial charge in [-0.15, -0.1) is 11.3 Å². The van der Waals surface area contributed by atoms with Gasteiger partial charge in [-0.3, -0.25) is 4.79 Å². The Balaban J connectivity index is 3.00. The Kier molecular flexibility index (Phi) is 1.81. The Labute approximate surface area is 59.5 Å². The number of thiophene rings is 1. The minimum absolute atomic E-state index is 0.738. The van der Waals surface area contributed by atoms with Crippen LogP contribution in [0.1, 0.15) is 10.4 Å². The molecule has 8 heavy (non-hydrogen) atoms. The maximum atomic E-state index is 10.0. The average Bonchev–Trinajstić information content (AvgIpc) is 2.14. The molecule has 0 saturated heterocycles. The van der Waals surface area contributed by atoms with Crippen LogP contribution in [0.2, 0.25) is 0 Å². The molecular weight excluding hydrogens is 188 g/mol. The monoisotopic (exact) mass is 190 g/mol. The van der Waals surface area contributed by atoms with E-state index in [4.69, 9.17) is 0 Å². The third kappa shape index (κ3) is 1.17. The molecule has 0 amide bonds. The number of hydrogen-bond acceptors (Lipinski definition) is 2. The summed E-state index contributed by atoms with van der Waals surface area (Å²) in [5, 5.41) is 1.80. The molecule has 0 aliphatic heterocycles. The maximum absolute atomic E-state index is 10.0. The van der Waals surface area contributed by atoms with E-state index in [1.807, 2.05) is 0 Å². The van der Waals surface area contributed by atoms with Crippen LogP contribution in [0, 0.1) is 0 Å². The molecule has 0 fully saturated rings. The van der Waals surface area contributed by atoms with E-state index < -0.39 is 0 Å². The molecule has 1 nitrogen and oxygen atoms in total. The zero-order chi connectivity index (χ0) is 5.98. The van der Waals surface area contributed by atoms with Crippen molar-refractivity contribution in [3.63, 3.8) is 0 Å². The van der Waals surface area contributed by atoms with Crippen LogP contribution in [0.4, 0.5) is 0 Å². The number of rotatable bonds is 1. The van der Waals surface area contributed by atoms with E-state index >= 15 is 0 Å². The molecule has 3 heteroatoms. The standard InChI is InChI=1S/C5H3BrOS/c6-5-1-4(2-7)3-8-5/h1-3H. The molecule has 0 aliphatic rings. The predicted molar refractivity (Wildman–Crippen MR) is 37.4 cm³/mol. The summed E-state index contributed by atoms with van der Waals surface area (Å²) in [6, 6.07) is 1.79. The van der Waals surface area contributed by atoms with E-state index in [0.29, 0.717) is 0 Å². The van der Waals surface area contributed by atoms with Crippen LogP contribution in [-0.2, 0) is 0 Å². The normalized spacial score (nSPS) is 9.12. The van der Waals surface area contributed by atoms with Crippen LogP contribution in [0.5, 0.6) is 0 Å². The molecular formula is C5H3BrOS. The largest absolute Gasteiger partial charge is 0.298 e. The second kappa shape index (κ2) is 2.42. The van der Waals surface area contributed by atoms with E-state index in [0.717, 1.165) is 15.6 Å². The Morgan fingerprint density at radius 1 is 1.75 bits per heavy atom. The van der Waals surface area contributed by atoms with Gasteiger partial charge >= 0.3 is 0 Å². The molecule has 0 spiro atoms. The van der Waals surface area contributed by atoms with Gasteiger partial charge in [0.25, 0.3) is 0 Å². The first-order valence-electron chi connectivity index (χ1n) is 2.02. The fourth-order valence-corrected chi connectivity index (χ4v) is 1.51. The molecule has 0 radical (unpaired) electrons. The molecule has 0 bridgehead atoms. The average molecular weight is 191 g/mol. The van der Waals surface area contributed by atoms with Crippen molar-refractivity contribution in [1.82, 2.24) is 0 Å². The smallest absolute Gasteiger partial charge is 0.150 e. The molecule has 0 unspecified atom stereocenters. The zero-order valence-electron chi connectivity index (χ0n) is 3.93. The molecule has 42 valence electrons. The maximum Gasteiger partial charge on any atom is 0.150 e. The van der Waals surface area contributed by atoms with Crippen LogP contribution in [-0.4, -0.2) is 6.29 Å². The van der Waals surface area contributed by atoms with Crippen molar-refractivity contribution >= 4 is 33.6 Å². The van der Waals surface area contributed by atoms with Gasteiger partial charge in [-0.2, -0.15) is 0 Å². The van der Waals surface area contributed by atoms with Gasteiger partial charge in [0.2, 0.25) is 0 Å². The lowest BCUT2D eigenvalue weighted by Gasteiger charge is -1.68. The van der Waals surface area contributed by atoms with Gasteiger partial charge < -0.3 is 0 Å². The van der Waals surface area contributed by atoms with Crippen molar-refractivity contribution in [2.75, 3.05) is 0 Å². The van der Waals surface area contributed by atoms with Gasteiger partial charge in [0, 0.05) is 10.9 Å². The molecule has 0 aromatic carbocycles. The number of halogens is 1. The minimum Gasteiger partial charge on any atom is -0.298 e. The second-order valence-corrected chi connectivity index (χ2v) is 3.59. The van der Waals surface area contributed by atoms with Crippen molar-refractivity contribution in [2.45, 2.75) is 0 Å². The van der Waals surface area contributed by atoms with Crippen LogP contribution in [0.3, 0.4) is 0 Å². The number of carbonyl (C=O) groups excluding carboxylic acids is 1.